The molecule has 0 atom stereocenters. The predicted molar refractivity (Wildman–Crippen MR) is 84.9 cm³/mol. The standard InChI is InChI=1S/C17H14N4O2/c22-16(13-5-2-1-3-6-13)19-20-17(23)14-7-9-15(10-8-14)21-12-4-11-18-21/h1-12H,(H,19,22)(H,20,23). The molecular weight excluding hydrogens is 292 g/mol. The smallest absolute Gasteiger partial charge is 0.267 e. The molecule has 6 nitrogen and oxygen atoms in total. The van der Waals surface area contributed by atoms with Gasteiger partial charge in [-0.3, -0.25) is 20.4 Å². The van der Waals surface area contributed by atoms with Gasteiger partial charge >= 0.3 is 0 Å². The summed E-state index contributed by atoms with van der Waals surface area (Å²) in [6, 6.07) is 17.4. The van der Waals surface area contributed by atoms with Crippen molar-refractivity contribution in [1.29, 1.82) is 0 Å². The second-order valence-electron chi connectivity index (χ2n) is 4.77. The highest BCUT2D eigenvalue weighted by Gasteiger charge is 2.09. The van der Waals surface area contributed by atoms with Gasteiger partial charge in [-0.1, -0.05) is 18.2 Å². The third kappa shape index (κ3) is 3.44. The summed E-state index contributed by atoms with van der Waals surface area (Å²) in [7, 11) is 0. The Kier molecular flexibility index (Phi) is 4.15. The highest BCUT2D eigenvalue weighted by Crippen LogP contribution is 2.08. The lowest BCUT2D eigenvalue weighted by atomic mass is 10.2. The van der Waals surface area contributed by atoms with E-state index in [1.165, 1.54) is 0 Å². The third-order valence-electron chi connectivity index (χ3n) is 3.22. The number of nitrogens with one attached hydrogen (secondary N) is 2. The Bertz CT molecular complexity index is 796. The molecule has 2 amide bonds. The summed E-state index contributed by atoms with van der Waals surface area (Å²) in [6.45, 7) is 0. The van der Waals surface area contributed by atoms with Crippen LogP contribution in [0.15, 0.2) is 73.1 Å². The molecule has 0 bridgehead atoms. The molecule has 1 aromatic heterocycles. The summed E-state index contributed by atoms with van der Waals surface area (Å²) in [6.07, 6.45) is 3.49. The second kappa shape index (κ2) is 6.57. The van der Waals surface area contributed by atoms with Gasteiger partial charge in [-0.25, -0.2) is 4.68 Å². The van der Waals surface area contributed by atoms with Crippen LogP contribution in [0.25, 0.3) is 5.69 Å². The molecule has 0 spiro atoms. The van der Waals surface area contributed by atoms with Gasteiger partial charge in [0.2, 0.25) is 0 Å². The molecule has 114 valence electrons. The van der Waals surface area contributed by atoms with Gasteiger partial charge in [-0.15, -0.1) is 0 Å². The van der Waals surface area contributed by atoms with Gasteiger partial charge in [0.1, 0.15) is 0 Å². The highest BCUT2D eigenvalue weighted by atomic mass is 16.2. The Labute approximate surface area is 132 Å². The van der Waals surface area contributed by atoms with E-state index in [1.807, 2.05) is 18.3 Å². The Morgan fingerprint density at radius 2 is 1.39 bits per heavy atom. The molecule has 0 aliphatic heterocycles. The molecular formula is C17H14N4O2. The zero-order chi connectivity index (χ0) is 16.1. The monoisotopic (exact) mass is 306 g/mol. The maximum atomic E-state index is 12.0. The molecule has 23 heavy (non-hydrogen) atoms. The van der Waals surface area contributed by atoms with Gasteiger partial charge < -0.3 is 0 Å². The maximum absolute atomic E-state index is 12.0. The molecule has 0 aliphatic carbocycles. The lowest BCUT2D eigenvalue weighted by Gasteiger charge is -2.08. The van der Waals surface area contributed by atoms with Crippen LogP contribution in [0.1, 0.15) is 20.7 Å². The molecule has 0 saturated carbocycles. The molecule has 2 N–H and O–H groups in total. The summed E-state index contributed by atoms with van der Waals surface area (Å²) in [5.74, 6) is -0.756. The van der Waals surface area contributed by atoms with Gasteiger partial charge in [0.05, 0.1) is 5.69 Å². The molecule has 6 heteroatoms. The Morgan fingerprint density at radius 1 is 0.783 bits per heavy atom. The Morgan fingerprint density at radius 3 is 1.96 bits per heavy atom. The maximum Gasteiger partial charge on any atom is 0.269 e. The van der Waals surface area contributed by atoms with Crippen LogP contribution >= 0.6 is 0 Å². The summed E-state index contributed by atoms with van der Waals surface area (Å²) in [5.41, 5.74) is 6.53. The van der Waals surface area contributed by atoms with Gasteiger partial charge in [0.15, 0.2) is 0 Å². The summed E-state index contributed by atoms with van der Waals surface area (Å²) >= 11 is 0. The first-order valence-corrected chi connectivity index (χ1v) is 7.00. The van der Waals surface area contributed by atoms with Gasteiger partial charge in [0, 0.05) is 23.5 Å². The lowest BCUT2D eigenvalue weighted by Crippen LogP contribution is -2.41. The number of hydrazine groups is 1. The van der Waals surface area contributed by atoms with Crippen LogP contribution in [-0.4, -0.2) is 21.6 Å². The van der Waals surface area contributed by atoms with Crippen molar-refractivity contribution >= 4 is 11.8 Å². The number of amides is 2. The number of hydrogen-bond acceptors (Lipinski definition) is 3. The first-order chi connectivity index (χ1) is 11.2. The number of aromatic nitrogens is 2. The van der Waals surface area contributed by atoms with Crippen molar-refractivity contribution in [2.45, 2.75) is 0 Å². The quantitative estimate of drug-likeness (QED) is 0.726. The van der Waals surface area contributed by atoms with Crippen LogP contribution in [0.3, 0.4) is 0 Å². The van der Waals surface area contributed by atoms with Crippen molar-refractivity contribution in [2.75, 3.05) is 0 Å². The summed E-state index contributed by atoms with van der Waals surface area (Å²) < 4.78 is 1.69. The predicted octanol–water partition coefficient (Wildman–Crippen LogP) is 1.95. The van der Waals surface area contributed by atoms with Gasteiger partial charge in [-0.05, 0) is 42.5 Å². The molecule has 0 fully saturated rings. The minimum absolute atomic E-state index is 0.368. The highest BCUT2D eigenvalue weighted by molar-refractivity contribution is 5.99. The molecule has 0 saturated heterocycles. The normalized spacial score (nSPS) is 10.1. The van der Waals surface area contributed by atoms with Crippen LogP contribution in [-0.2, 0) is 0 Å². The van der Waals surface area contributed by atoms with Crippen LogP contribution in [0, 0.1) is 0 Å². The fraction of sp³-hybridized carbons (Fsp3) is 0. The van der Waals surface area contributed by atoms with Crippen molar-refractivity contribution in [3.05, 3.63) is 84.2 Å². The Balaban J connectivity index is 1.61. The molecule has 1 heterocycles. The molecule has 3 aromatic rings. The van der Waals surface area contributed by atoms with E-state index in [0.29, 0.717) is 11.1 Å². The average Bonchev–Trinajstić information content (AvgIpc) is 3.15. The largest absolute Gasteiger partial charge is 0.269 e. The van der Waals surface area contributed by atoms with Crippen LogP contribution in [0.5, 0.6) is 0 Å². The summed E-state index contributed by atoms with van der Waals surface area (Å²) in [4.78, 5) is 23.9. The molecule has 0 radical (unpaired) electrons. The topological polar surface area (TPSA) is 76.0 Å². The van der Waals surface area contributed by atoms with E-state index in [4.69, 9.17) is 0 Å². The summed E-state index contributed by atoms with van der Waals surface area (Å²) in [5, 5.41) is 4.11. The van der Waals surface area contributed by atoms with E-state index in [-0.39, 0.29) is 11.8 Å². The molecule has 3 rings (SSSR count). The fourth-order valence-corrected chi connectivity index (χ4v) is 2.03. The molecule has 0 aliphatic rings. The SMILES string of the molecule is O=C(NNC(=O)c1ccc(-n2cccn2)cc1)c1ccccc1. The zero-order valence-electron chi connectivity index (χ0n) is 12.1. The molecule has 0 unspecified atom stereocenters. The van der Waals surface area contributed by atoms with Crippen LogP contribution in [0.2, 0.25) is 0 Å². The Hall–Kier alpha value is -3.41. The van der Waals surface area contributed by atoms with Crippen molar-refractivity contribution in [3.8, 4) is 5.69 Å². The number of carbonyl (C=O) groups excluding carboxylic acids is 2. The number of hydrogen-bond donors (Lipinski definition) is 2. The van der Waals surface area contributed by atoms with E-state index in [1.54, 1.807) is 59.4 Å². The number of carbonyl (C=O) groups is 2. The van der Waals surface area contributed by atoms with E-state index >= 15 is 0 Å². The minimum Gasteiger partial charge on any atom is -0.267 e. The first-order valence-electron chi connectivity index (χ1n) is 7.00. The van der Waals surface area contributed by atoms with Gasteiger partial charge in [0.25, 0.3) is 11.8 Å². The van der Waals surface area contributed by atoms with E-state index < -0.39 is 0 Å². The van der Waals surface area contributed by atoms with Gasteiger partial charge in [-0.2, -0.15) is 5.10 Å². The van der Waals surface area contributed by atoms with Crippen molar-refractivity contribution < 1.29 is 9.59 Å². The van der Waals surface area contributed by atoms with Crippen LogP contribution in [0.4, 0.5) is 0 Å². The fourth-order valence-electron chi connectivity index (χ4n) is 2.03. The van der Waals surface area contributed by atoms with E-state index in [2.05, 4.69) is 16.0 Å². The zero-order valence-corrected chi connectivity index (χ0v) is 12.1. The van der Waals surface area contributed by atoms with Crippen LogP contribution < -0.4 is 10.9 Å². The number of benzene rings is 2. The van der Waals surface area contributed by atoms with E-state index in [9.17, 15) is 9.59 Å². The second-order valence-corrected chi connectivity index (χ2v) is 4.77. The molecule has 2 aromatic carbocycles. The minimum atomic E-state index is -0.388. The van der Waals surface area contributed by atoms with Crippen molar-refractivity contribution in [3.63, 3.8) is 0 Å². The third-order valence-corrected chi connectivity index (χ3v) is 3.22. The lowest BCUT2D eigenvalue weighted by molar-refractivity contribution is 0.0846. The first kappa shape index (κ1) is 14.5. The number of nitrogens with zero attached hydrogens (tertiary/aromatic N) is 2. The van der Waals surface area contributed by atoms with Crippen molar-refractivity contribution in [1.82, 2.24) is 20.6 Å². The number of rotatable bonds is 3. The van der Waals surface area contributed by atoms with Crippen molar-refractivity contribution in [2.24, 2.45) is 0 Å². The average molecular weight is 306 g/mol. The van der Waals surface area contributed by atoms with E-state index in [0.717, 1.165) is 5.69 Å².